The van der Waals surface area contributed by atoms with Crippen LogP contribution in [0.15, 0.2) is 0 Å². The molecule has 0 aliphatic rings. The summed E-state index contributed by atoms with van der Waals surface area (Å²) in [6.45, 7) is 4.63. The summed E-state index contributed by atoms with van der Waals surface area (Å²) in [7, 11) is 1.42. The van der Waals surface area contributed by atoms with Crippen LogP contribution in [0.25, 0.3) is 0 Å². The lowest BCUT2D eigenvalue weighted by Crippen LogP contribution is -2.42. The van der Waals surface area contributed by atoms with Crippen molar-refractivity contribution in [1.82, 2.24) is 4.90 Å². The molecular formula is C11H21NO6. The molecule has 0 rings (SSSR count). The average molecular weight is 263 g/mol. The summed E-state index contributed by atoms with van der Waals surface area (Å²) >= 11 is 0. The number of carboxylic acid groups (broad SMARTS) is 1. The maximum absolute atomic E-state index is 11.6. The monoisotopic (exact) mass is 263 g/mol. The van der Waals surface area contributed by atoms with Gasteiger partial charge in [-0.1, -0.05) is 0 Å². The maximum Gasteiger partial charge on any atom is 0.410 e. The molecule has 18 heavy (non-hydrogen) atoms. The summed E-state index contributed by atoms with van der Waals surface area (Å²) in [5.74, 6) is -1.20. The van der Waals surface area contributed by atoms with E-state index in [2.05, 4.69) is 0 Å². The van der Waals surface area contributed by atoms with E-state index in [0.29, 0.717) is 0 Å². The number of ether oxygens (including phenoxy) is 2. The van der Waals surface area contributed by atoms with Crippen LogP contribution in [0.2, 0.25) is 0 Å². The first-order valence-electron chi connectivity index (χ1n) is 5.56. The Bertz CT molecular complexity index is 286. The number of carbonyl (C=O) groups is 2. The van der Waals surface area contributed by atoms with E-state index in [0.717, 1.165) is 4.90 Å². The molecule has 0 aliphatic carbocycles. The first-order chi connectivity index (χ1) is 8.17. The van der Waals surface area contributed by atoms with Crippen LogP contribution >= 0.6 is 0 Å². The van der Waals surface area contributed by atoms with E-state index >= 15 is 0 Å². The minimum Gasteiger partial charge on any atom is -0.479 e. The van der Waals surface area contributed by atoms with Crippen LogP contribution in [0.4, 0.5) is 4.79 Å². The van der Waals surface area contributed by atoms with Gasteiger partial charge in [0.2, 0.25) is 0 Å². The van der Waals surface area contributed by atoms with Crippen LogP contribution < -0.4 is 0 Å². The zero-order valence-electron chi connectivity index (χ0n) is 11.2. The second kappa shape index (κ2) is 7.17. The quantitative estimate of drug-likeness (QED) is 0.716. The zero-order chi connectivity index (χ0) is 14.3. The van der Waals surface area contributed by atoms with Gasteiger partial charge in [-0.15, -0.1) is 0 Å². The number of aliphatic hydroxyl groups excluding tert-OH is 1. The molecule has 7 nitrogen and oxygen atoms in total. The molecule has 0 fully saturated rings. The van der Waals surface area contributed by atoms with Crippen LogP contribution in [0.5, 0.6) is 0 Å². The van der Waals surface area contributed by atoms with Gasteiger partial charge in [-0.3, -0.25) is 0 Å². The Morgan fingerprint density at radius 1 is 1.33 bits per heavy atom. The van der Waals surface area contributed by atoms with Gasteiger partial charge in [-0.05, 0) is 20.8 Å². The van der Waals surface area contributed by atoms with E-state index in [1.54, 1.807) is 20.8 Å². The van der Waals surface area contributed by atoms with E-state index in [9.17, 15) is 9.59 Å². The fourth-order valence-corrected chi connectivity index (χ4v) is 1.06. The van der Waals surface area contributed by atoms with Crippen LogP contribution in [0.3, 0.4) is 0 Å². The van der Waals surface area contributed by atoms with Crippen molar-refractivity contribution in [2.45, 2.75) is 32.5 Å². The Kier molecular flexibility index (Phi) is 6.64. The standard InChI is InChI=1S/C11H21NO6/c1-11(2,3)18-10(16)12(4)7-8(9(14)15)17-6-5-13/h8,13H,5-7H2,1-4H3,(H,14,15)/t8-/m1/s1. The lowest BCUT2D eigenvalue weighted by molar-refractivity contribution is -0.151. The molecule has 0 saturated carbocycles. The number of carboxylic acids is 1. The molecule has 0 aliphatic heterocycles. The maximum atomic E-state index is 11.6. The Morgan fingerprint density at radius 2 is 1.89 bits per heavy atom. The highest BCUT2D eigenvalue weighted by molar-refractivity contribution is 5.74. The summed E-state index contributed by atoms with van der Waals surface area (Å²) < 4.78 is 9.98. The molecule has 0 spiro atoms. The summed E-state index contributed by atoms with van der Waals surface area (Å²) in [5, 5.41) is 17.4. The Balaban J connectivity index is 4.36. The highest BCUT2D eigenvalue weighted by Crippen LogP contribution is 2.09. The van der Waals surface area contributed by atoms with Gasteiger partial charge in [0, 0.05) is 7.05 Å². The fraction of sp³-hybridized carbons (Fsp3) is 0.818. The highest BCUT2D eigenvalue weighted by Gasteiger charge is 2.25. The predicted molar refractivity (Wildman–Crippen MR) is 63.3 cm³/mol. The third-order valence-electron chi connectivity index (χ3n) is 1.83. The van der Waals surface area contributed by atoms with E-state index in [1.807, 2.05) is 0 Å². The number of rotatable bonds is 6. The number of nitrogens with zero attached hydrogens (tertiary/aromatic N) is 1. The molecule has 0 aromatic heterocycles. The minimum absolute atomic E-state index is 0.0981. The predicted octanol–water partition coefficient (Wildman–Crippen LogP) is 0.315. The van der Waals surface area contributed by atoms with Crippen molar-refractivity contribution in [2.24, 2.45) is 0 Å². The molecule has 0 bridgehead atoms. The molecule has 1 atom stereocenters. The van der Waals surface area contributed by atoms with E-state index in [4.69, 9.17) is 19.7 Å². The Morgan fingerprint density at radius 3 is 2.28 bits per heavy atom. The van der Waals surface area contributed by atoms with E-state index < -0.39 is 23.8 Å². The number of aliphatic hydroxyl groups is 1. The Hall–Kier alpha value is -1.34. The van der Waals surface area contributed by atoms with Crippen molar-refractivity contribution >= 4 is 12.1 Å². The van der Waals surface area contributed by atoms with Gasteiger partial charge in [-0.25, -0.2) is 9.59 Å². The van der Waals surface area contributed by atoms with Gasteiger partial charge in [0.15, 0.2) is 6.10 Å². The van der Waals surface area contributed by atoms with Crippen LogP contribution in [0.1, 0.15) is 20.8 Å². The van der Waals surface area contributed by atoms with E-state index in [1.165, 1.54) is 7.05 Å². The van der Waals surface area contributed by atoms with Gasteiger partial charge >= 0.3 is 12.1 Å². The van der Waals surface area contributed by atoms with Gasteiger partial charge in [0.1, 0.15) is 5.60 Å². The number of amides is 1. The van der Waals surface area contributed by atoms with Crippen LogP contribution in [0, 0.1) is 0 Å². The summed E-state index contributed by atoms with van der Waals surface area (Å²) in [6, 6.07) is 0. The molecule has 2 N–H and O–H groups in total. The Labute approximate surface area is 106 Å². The van der Waals surface area contributed by atoms with Crippen molar-refractivity contribution in [1.29, 1.82) is 0 Å². The molecule has 0 aromatic carbocycles. The summed E-state index contributed by atoms with van der Waals surface area (Å²) in [6.07, 6.45) is -1.81. The second-order valence-corrected chi connectivity index (χ2v) is 4.78. The van der Waals surface area contributed by atoms with Crippen molar-refractivity contribution < 1.29 is 29.3 Å². The smallest absolute Gasteiger partial charge is 0.410 e. The molecule has 106 valence electrons. The largest absolute Gasteiger partial charge is 0.479 e. The molecule has 0 heterocycles. The second-order valence-electron chi connectivity index (χ2n) is 4.78. The van der Waals surface area contributed by atoms with Crippen LogP contribution in [-0.2, 0) is 14.3 Å². The van der Waals surface area contributed by atoms with Crippen molar-refractivity contribution in [2.75, 3.05) is 26.8 Å². The number of carbonyl (C=O) groups excluding carboxylic acids is 1. The molecule has 0 unspecified atom stereocenters. The third-order valence-corrected chi connectivity index (χ3v) is 1.83. The minimum atomic E-state index is -1.20. The topological polar surface area (TPSA) is 96.3 Å². The summed E-state index contributed by atoms with van der Waals surface area (Å²) in [4.78, 5) is 23.6. The molecule has 0 aromatic rings. The van der Waals surface area contributed by atoms with Gasteiger partial charge < -0.3 is 24.6 Å². The lowest BCUT2D eigenvalue weighted by atomic mass is 10.2. The number of hydrogen-bond acceptors (Lipinski definition) is 5. The SMILES string of the molecule is CN(C[C@@H](OCCO)C(=O)O)C(=O)OC(C)(C)C. The molecule has 0 radical (unpaired) electrons. The van der Waals surface area contributed by atoms with Gasteiger partial charge in [0.05, 0.1) is 19.8 Å². The number of likely N-dealkylation sites (N-methyl/N-ethyl adjacent to an activating group) is 1. The molecule has 0 saturated heterocycles. The normalized spacial score (nSPS) is 12.9. The molecular weight excluding hydrogens is 242 g/mol. The first-order valence-corrected chi connectivity index (χ1v) is 5.56. The lowest BCUT2D eigenvalue weighted by Gasteiger charge is -2.26. The average Bonchev–Trinajstić information content (AvgIpc) is 2.20. The van der Waals surface area contributed by atoms with Gasteiger partial charge in [0.25, 0.3) is 0 Å². The van der Waals surface area contributed by atoms with E-state index in [-0.39, 0.29) is 19.8 Å². The third kappa shape index (κ3) is 7.08. The van der Waals surface area contributed by atoms with Crippen molar-refractivity contribution in [3.8, 4) is 0 Å². The molecule has 7 heteroatoms. The first kappa shape index (κ1) is 16.7. The van der Waals surface area contributed by atoms with Crippen molar-refractivity contribution in [3.05, 3.63) is 0 Å². The summed E-state index contributed by atoms with van der Waals surface area (Å²) in [5.41, 5.74) is -0.643. The fourth-order valence-electron chi connectivity index (χ4n) is 1.06. The zero-order valence-corrected chi connectivity index (χ0v) is 11.2. The van der Waals surface area contributed by atoms with Gasteiger partial charge in [-0.2, -0.15) is 0 Å². The van der Waals surface area contributed by atoms with Crippen molar-refractivity contribution in [3.63, 3.8) is 0 Å². The molecule has 1 amide bonds. The number of hydrogen-bond donors (Lipinski definition) is 2. The highest BCUT2D eigenvalue weighted by atomic mass is 16.6. The number of aliphatic carboxylic acids is 1. The van der Waals surface area contributed by atoms with Crippen LogP contribution in [-0.4, -0.2) is 65.7 Å².